The second-order valence-corrected chi connectivity index (χ2v) is 14.0. The number of nitrogens with one attached hydrogen (secondary N) is 2. The number of ketones is 1. The average molecular weight is 610 g/mol. The molecular formula is C32H48BN5O6. The first-order valence-electron chi connectivity index (χ1n) is 15.8. The Morgan fingerprint density at radius 3 is 2.68 bits per heavy atom. The zero-order chi connectivity index (χ0) is 32.2. The molecule has 4 aliphatic rings. The van der Waals surface area contributed by atoms with Gasteiger partial charge in [-0.15, -0.1) is 0 Å². The molecule has 2 bridgehead atoms. The fraction of sp³-hybridized carbons (Fsp3) is 0.656. The molecule has 0 unspecified atom stereocenters. The minimum atomic E-state index is -0.780. The van der Waals surface area contributed by atoms with Crippen LogP contribution in [0.25, 0.3) is 6.08 Å². The number of guanidine groups is 1. The van der Waals surface area contributed by atoms with E-state index in [9.17, 15) is 19.7 Å². The molecule has 1 heterocycles. The zero-order valence-corrected chi connectivity index (χ0v) is 26.9. The summed E-state index contributed by atoms with van der Waals surface area (Å²) in [6, 6.07) is 7.82. The lowest BCUT2D eigenvalue weighted by molar-refractivity contribution is -0.525. The van der Waals surface area contributed by atoms with E-state index in [0.29, 0.717) is 31.1 Å². The van der Waals surface area contributed by atoms with E-state index in [1.54, 1.807) is 6.08 Å². The van der Waals surface area contributed by atoms with Gasteiger partial charge >= 0.3 is 7.12 Å². The molecular weight excluding hydrogens is 561 g/mol. The van der Waals surface area contributed by atoms with Crippen LogP contribution in [0, 0.1) is 46.1 Å². The maximum Gasteiger partial charge on any atom is 0.481 e. The van der Waals surface area contributed by atoms with Gasteiger partial charge in [0, 0.05) is 18.9 Å². The summed E-state index contributed by atoms with van der Waals surface area (Å²) in [5, 5.41) is 13.0. The van der Waals surface area contributed by atoms with Gasteiger partial charge in [-0.05, 0) is 80.8 Å². The first-order valence-corrected chi connectivity index (χ1v) is 15.8. The molecule has 0 aromatic heterocycles. The number of amides is 1. The summed E-state index contributed by atoms with van der Waals surface area (Å²) in [6.07, 6.45) is 6.81. The minimum absolute atomic E-state index is 0.00364. The lowest BCUT2D eigenvalue weighted by Crippen LogP contribution is -2.65. The van der Waals surface area contributed by atoms with Crippen molar-refractivity contribution in [3.63, 3.8) is 0 Å². The summed E-state index contributed by atoms with van der Waals surface area (Å²) in [4.78, 5) is 41.5. The summed E-state index contributed by atoms with van der Waals surface area (Å²) < 4.78 is 13.2. The minimum Gasteiger partial charge on any atom is -0.404 e. The Morgan fingerprint density at radius 2 is 2.02 bits per heavy atom. The Hall–Kier alpha value is -3.25. The molecule has 0 spiro atoms. The van der Waals surface area contributed by atoms with Crippen LogP contribution in [0.15, 0.2) is 35.3 Å². The highest BCUT2D eigenvalue weighted by molar-refractivity contribution is 6.47. The van der Waals surface area contributed by atoms with Crippen LogP contribution in [0.1, 0.15) is 84.3 Å². The topological polar surface area (TPSA) is 158 Å². The number of nitro groups is 1. The molecule has 6 atom stereocenters. The third-order valence-electron chi connectivity index (χ3n) is 9.87. The molecule has 11 nitrogen and oxygen atoms in total. The van der Waals surface area contributed by atoms with E-state index in [1.807, 2.05) is 36.6 Å². The van der Waals surface area contributed by atoms with Crippen LogP contribution in [0.3, 0.4) is 0 Å². The highest BCUT2D eigenvalue weighted by Gasteiger charge is 2.68. The van der Waals surface area contributed by atoms with E-state index in [-0.39, 0.29) is 54.0 Å². The molecule has 12 heteroatoms. The molecule has 1 saturated heterocycles. The third kappa shape index (κ3) is 7.88. The second kappa shape index (κ2) is 13.8. The van der Waals surface area contributed by atoms with Crippen LogP contribution in [0.2, 0.25) is 0 Å². The van der Waals surface area contributed by atoms with Gasteiger partial charge in [0.05, 0.1) is 17.6 Å². The van der Waals surface area contributed by atoms with E-state index in [1.165, 1.54) is 6.08 Å². The van der Waals surface area contributed by atoms with Crippen LogP contribution in [0.4, 0.5) is 0 Å². The normalized spacial score (nSPS) is 27.0. The van der Waals surface area contributed by atoms with Crippen LogP contribution in [0.5, 0.6) is 0 Å². The van der Waals surface area contributed by atoms with Gasteiger partial charge in [-0.1, -0.05) is 69.0 Å². The SMILES string of the molecule is Cc1cccc(/C=C/C(=O)C[C@@H](CCCN=C(N)N[N+](=O)[O-])C(=O)N[C@@H](CC(C)C)B2O[C@@H]3C[C@@H]4C[C@@H](C4(C)C)[C@]3(C)O2)c1. The van der Waals surface area contributed by atoms with Gasteiger partial charge in [0.2, 0.25) is 5.91 Å². The number of hydrazine groups is 1. The molecule has 1 amide bonds. The quantitative estimate of drug-likeness (QED) is 0.0537. The largest absolute Gasteiger partial charge is 0.481 e. The lowest BCUT2D eigenvalue weighted by Gasteiger charge is -2.64. The van der Waals surface area contributed by atoms with Crippen molar-refractivity contribution in [3.05, 3.63) is 51.6 Å². The molecule has 3 saturated carbocycles. The van der Waals surface area contributed by atoms with Crippen LogP contribution in [-0.2, 0) is 18.9 Å². The molecule has 1 aromatic rings. The fourth-order valence-corrected chi connectivity index (χ4v) is 7.38. The fourth-order valence-electron chi connectivity index (χ4n) is 7.38. The van der Waals surface area contributed by atoms with Gasteiger partial charge in [-0.25, -0.2) is 15.1 Å². The van der Waals surface area contributed by atoms with Crippen molar-refractivity contribution in [2.75, 3.05) is 6.54 Å². The molecule has 4 fully saturated rings. The molecule has 1 aromatic carbocycles. The monoisotopic (exact) mass is 609 g/mol. The molecule has 5 rings (SSSR count). The number of carbonyl (C=O) groups excluding carboxylic acids is 2. The van der Waals surface area contributed by atoms with Gasteiger partial charge < -0.3 is 20.4 Å². The molecule has 1 aliphatic heterocycles. The van der Waals surface area contributed by atoms with Crippen LogP contribution >= 0.6 is 0 Å². The van der Waals surface area contributed by atoms with Crippen molar-refractivity contribution in [1.82, 2.24) is 10.7 Å². The molecule has 4 N–H and O–H groups in total. The Balaban J connectivity index is 1.46. The molecule has 44 heavy (non-hydrogen) atoms. The van der Waals surface area contributed by atoms with Gasteiger partial charge in [0.25, 0.3) is 5.96 Å². The predicted molar refractivity (Wildman–Crippen MR) is 171 cm³/mol. The van der Waals surface area contributed by atoms with Gasteiger partial charge in [0.1, 0.15) is 0 Å². The predicted octanol–water partition coefficient (Wildman–Crippen LogP) is 4.26. The Labute approximate surface area is 261 Å². The Kier molecular flexibility index (Phi) is 10.6. The van der Waals surface area contributed by atoms with Gasteiger partial charge in [-0.3, -0.25) is 9.59 Å². The molecule has 0 radical (unpaired) electrons. The Morgan fingerprint density at radius 1 is 1.27 bits per heavy atom. The maximum atomic E-state index is 13.8. The maximum absolute atomic E-state index is 13.8. The van der Waals surface area contributed by atoms with Gasteiger partial charge in [0.15, 0.2) is 10.8 Å². The number of nitrogens with two attached hydrogens (primary N) is 1. The smallest absolute Gasteiger partial charge is 0.404 e. The summed E-state index contributed by atoms with van der Waals surface area (Å²) in [5.41, 5.74) is 9.16. The number of hydrogen-bond donors (Lipinski definition) is 3. The van der Waals surface area contributed by atoms with E-state index < -0.39 is 23.7 Å². The molecule has 3 aliphatic carbocycles. The Bertz CT molecular complexity index is 1290. The summed E-state index contributed by atoms with van der Waals surface area (Å²) in [7, 11) is -0.568. The van der Waals surface area contributed by atoms with Crippen molar-refractivity contribution >= 4 is 30.8 Å². The standard InChI is InChI=1S/C32H48BN5O6/c1-20(2)15-28(33-43-27-19-24-18-26(31(24,4)5)32(27,6)44-33)36-29(40)23(11-8-14-35-30(34)37-38(41)42)17-25(39)13-12-22-10-7-9-21(3)16-22/h7,9-10,12-13,16,20,23-24,26-28H,8,11,14-15,17-19H2,1-6H3,(H,36,40)(H3,34,35,37)/b13-12+/t23-,24+,26+,27-,28+,32+/m1/s1. The summed E-state index contributed by atoms with van der Waals surface area (Å²) in [6.45, 7) is 13.2. The highest BCUT2D eigenvalue weighted by atomic mass is 16.7. The lowest BCUT2D eigenvalue weighted by atomic mass is 9.43. The number of rotatable bonds is 14. The van der Waals surface area contributed by atoms with E-state index in [0.717, 1.165) is 24.0 Å². The van der Waals surface area contributed by atoms with E-state index >= 15 is 0 Å². The van der Waals surface area contributed by atoms with Crippen molar-refractivity contribution in [2.45, 2.75) is 97.7 Å². The van der Waals surface area contributed by atoms with Gasteiger partial charge in [-0.2, -0.15) is 0 Å². The van der Waals surface area contributed by atoms with Crippen LogP contribution < -0.4 is 16.5 Å². The van der Waals surface area contributed by atoms with Crippen molar-refractivity contribution < 1.29 is 23.9 Å². The number of aryl methyl sites for hydroxylation is 1. The number of carbonyl (C=O) groups is 2. The van der Waals surface area contributed by atoms with Crippen molar-refractivity contribution in [3.8, 4) is 0 Å². The number of allylic oxidation sites excluding steroid dienone is 1. The summed E-state index contributed by atoms with van der Waals surface area (Å²) in [5.74, 6) is -0.430. The third-order valence-corrected chi connectivity index (χ3v) is 9.87. The highest BCUT2D eigenvalue weighted by Crippen LogP contribution is 2.65. The van der Waals surface area contributed by atoms with Crippen molar-refractivity contribution in [1.29, 1.82) is 0 Å². The first kappa shape index (κ1) is 33.6. The number of aliphatic imine (C=N–C) groups is 1. The van der Waals surface area contributed by atoms with Crippen LogP contribution in [-0.4, -0.2) is 54.0 Å². The number of nitrogens with zero attached hydrogens (tertiary/aromatic N) is 2. The summed E-state index contributed by atoms with van der Waals surface area (Å²) >= 11 is 0. The number of benzene rings is 1. The van der Waals surface area contributed by atoms with E-state index in [2.05, 4.69) is 44.9 Å². The first-order chi connectivity index (χ1) is 20.7. The number of hydrogen-bond acceptors (Lipinski definition) is 7. The van der Waals surface area contributed by atoms with Crippen molar-refractivity contribution in [2.24, 2.45) is 39.8 Å². The second-order valence-electron chi connectivity index (χ2n) is 14.0. The van der Waals surface area contributed by atoms with E-state index in [4.69, 9.17) is 15.0 Å². The molecule has 240 valence electrons. The zero-order valence-electron chi connectivity index (χ0n) is 26.9. The average Bonchev–Trinajstić information content (AvgIpc) is 3.29.